The molecule has 0 saturated carbocycles. The number of nitrogens with zero attached hydrogens (tertiary/aromatic N) is 2. The van der Waals surface area contributed by atoms with Gasteiger partial charge in [0.2, 0.25) is 17.7 Å². The topological polar surface area (TPSA) is 195 Å². The van der Waals surface area contributed by atoms with E-state index in [0.717, 1.165) is 11.3 Å². The zero-order valence-electron chi connectivity index (χ0n) is 32.0. The number of rotatable bonds is 15. The van der Waals surface area contributed by atoms with Gasteiger partial charge in [-0.15, -0.1) is 0 Å². The maximum absolute atomic E-state index is 13.3. The van der Waals surface area contributed by atoms with Crippen LogP contribution in [0.5, 0.6) is 5.75 Å². The fraction of sp³-hybridized carbons (Fsp3) is 0.500. The van der Waals surface area contributed by atoms with Crippen LogP contribution in [0, 0.1) is 19.8 Å². The third-order valence-corrected chi connectivity index (χ3v) is 8.49. The number of carboxylic acids is 1. The molecule has 0 aliphatic carbocycles. The van der Waals surface area contributed by atoms with E-state index >= 15 is 0 Å². The first kappa shape index (κ1) is 45.2. The lowest BCUT2D eigenvalue weighted by Crippen LogP contribution is -2.57. The number of nitrogens with one attached hydrogen (secondary N) is 4. The maximum Gasteiger partial charge on any atom is 0.321 e. The summed E-state index contributed by atoms with van der Waals surface area (Å²) >= 11 is 0. The molecule has 1 heterocycles. The van der Waals surface area contributed by atoms with Gasteiger partial charge in [0, 0.05) is 19.2 Å². The number of benzene rings is 2. The number of hydrazine groups is 1. The summed E-state index contributed by atoms with van der Waals surface area (Å²) in [4.78, 5) is 61.0. The van der Waals surface area contributed by atoms with Crippen molar-refractivity contribution in [2.45, 2.75) is 84.6 Å². The van der Waals surface area contributed by atoms with Gasteiger partial charge in [-0.2, -0.15) is 0 Å². The molecule has 1 aliphatic rings. The van der Waals surface area contributed by atoms with Crippen LogP contribution in [0.3, 0.4) is 0 Å². The summed E-state index contributed by atoms with van der Waals surface area (Å²) in [6, 6.07) is 13.1. The number of carbonyl (C=O) groups is 5. The molecular formula is C38H59N7O7. The Balaban J connectivity index is 0.000000478. The van der Waals surface area contributed by atoms with E-state index in [1.807, 2.05) is 76.2 Å². The molecule has 0 aromatic heterocycles. The van der Waals surface area contributed by atoms with Gasteiger partial charge in [-0.3, -0.25) is 19.2 Å². The lowest BCUT2D eigenvalue weighted by molar-refractivity contribution is -0.142. The van der Waals surface area contributed by atoms with Crippen LogP contribution in [-0.2, 0) is 30.4 Å². The lowest BCUT2D eigenvalue weighted by atomic mass is 10.0. The van der Waals surface area contributed by atoms with E-state index in [-0.39, 0.29) is 36.9 Å². The minimum absolute atomic E-state index is 0.132. The number of hydrogen-bond acceptors (Lipinski definition) is 10. The Labute approximate surface area is 308 Å². The number of nitrogens with two attached hydrogens (primary N) is 1. The van der Waals surface area contributed by atoms with Crippen LogP contribution in [0.4, 0.5) is 0 Å². The summed E-state index contributed by atoms with van der Waals surface area (Å²) < 4.78 is 4.97. The number of methoxy groups -OCH3 is 1. The Morgan fingerprint density at radius 3 is 2.04 bits per heavy atom. The zero-order chi connectivity index (χ0) is 39.4. The van der Waals surface area contributed by atoms with E-state index in [9.17, 15) is 24.0 Å². The number of carbonyl (C=O) groups excluding carboxylic acids is 4. The summed E-state index contributed by atoms with van der Waals surface area (Å²) in [7, 11) is 4.99. The van der Waals surface area contributed by atoms with Crippen molar-refractivity contribution in [3.05, 3.63) is 77.5 Å². The summed E-state index contributed by atoms with van der Waals surface area (Å²) in [5.74, 6) is 4.89. The normalized spacial score (nSPS) is 16.7. The van der Waals surface area contributed by atoms with Gasteiger partial charge in [0.25, 0.3) is 0 Å². The fourth-order valence-electron chi connectivity index (χ4n) is 5.12. The molecule has 14 nitrogen and oxygen atoms in total. The number of aliphatic carboxylic acids is 1. The summed E-state index contributed by atoms with van der Waals surface area (Å²) in [6.07, 6.45) is 4.87. The van der Waals surface area contributed by atoms with E-state index in [0.29, 0.717) is 19.1 Å². The van der Waals surface area contributed by atoms with Crippen molar-refractivity contribution in [3.63, 3.8) is 0 Å². The minimum Gasteiger partial charge on any atom is -0.497 e. The highest BCUT2D eigenvalue weighted by atomic mass is 16.5. The highest BCUT2D eigenvalue weighted by molar-refractivity contribution is 5.94. The van der Waals surface area contributed by atoms with Gasteiger partial charge in [-0.05, 0) is 71.8 Å². The zero-order valence-corrected chi connectivity index (χ0v) is 32.0. The highest BCUT2D eigenvalue weighted by Gasteiger charge is 2.43. The van der Waals surface area contributed by atoms with E-state index < -0.39 is 36.0 Å². The van der Waals surface area contributed by atoms with Crippen LogP contribution in [0.2, 0.25) is 0 Å². The number of aryl methyl sites for hydroxylation is 2. The Hall–Kier alpha value is -4.79. The van der Waals surface area contributed by atoms with Gasteiger partial charge in [0.05, 0.1) is 25.7 Å². The Kier molecular flexibility index (Phi) is 20.6. The summed E-state index contributed by atoms with van der Waals surface area (Å²) in [5, 5.41) is 21.2. The minimum atomic E-state index is -0.812. The number of hydrogen-bond donors (Lipinski definition) is 6. The SMILES string of the molecule is C/C=C/N(N)C1CC(C(=O)NCC=O)N(C(=O)C(NC(=O)C(C)NC)C(C)C)C1.CNC(Cc1ccc(C)cc1)C(=O)O.COc1ccc(C)cc1. The predicted molar refractivity (Wildman–Crippen MR) is 202 cm³/mol. The van der Waals surface area contributed by atoms with E-state index in [4.69, 9.17) is 15.7 Å². The average Bonchev–Trinajstić information content (AvgIpc) is 3.58. The van der Waals surface area contributed by atoms with E-state index in [1.54, 1.807) is 40.4 Å². The molecule has 5 unspecified atom stereocenters. The first-order chi connectivity index (χ1) is 24.6. The number of likely N-dealkylation sites (N-methyl/N-ethyl adjacent to an activating group) is 2. The first-order valence-electron chi connectivity index (χ1n) is 17.3. The molecular weight excluding hydrogens is 666 g/mol. The van der Waals surface area contributed by atoms with Crippen molar-refractivity contribution in [1.82, 2.24) is 31.2 Å². The second-order valence-corrected chi connectivity index (χ2v) is 12.9. The molecule has 52 heavy (non-hydrogen) atoms. The van der Waals surface area contributed by atoms with Crippen molar-refractivity contribution >= 4 is 30.0 Å². The third-order valence-electron chi connectivity index (χ3n) is 8.49. The molecule has 7 N–H and O–H groups in total. The van der Waals surface area contributed by atoms with Gasteiger partial charge in [-0.1, -0.05) is 67.4 Å². The van der Waals surface area contributed by atoms with Crippen LogP contribution < -0.4 is 31.8 Å². The van der Waals surface area contributed by atoms with E-state index in [2.05, 4.69) is 28.2 Å². The molecule has 0 spiro atoms. The predicted octanol–water partition coefficient (Wildman–Crippen LogP) is 1.94. The van der Waals surface area contributed by atoms with Gasteiger partial charge >= 0.3 is 5.97 Å². The second-order valence-electron chi connectivity index (χ2n) is 12.9. The molecule has 5 atom stereocenters. The number of amides is 3. The average molecular weight is 726 g/mol. The van der Waals surface area contributed by atoms with Crippen LogP contribution in [0.15, 0.2) is 60.8 Å². The monoisotopic (exact) mass is 725 g/mol. The number of likely N-dealkylation sites (tertiary alicyclic amines) is 1. The van der Waals surface area contributed by atoms with E-state index in [1.165, 1.54) is 21.0 Å². The summed E-state index contributed by atoms with van der Waals surface area (Å²) in [6.45, 7) is 11.3. The second kappa shape index (κ2) is 23.6. The molecule has 0 bridgehead atoms. The van der Waals surface area contributed by atoms with Crippen LogP contribution >= 0.6 is 0 Å². The highest BCUT2D eigenvalue weighted by Crippen LogP contribution is 2.24. The molecule has 2 aromatic carbocycles. The molecule has 1 aliphatic heterocycles. The molecule has 0 radical (unpaired) electrons. The Bertz CT molecular complexity index is 1430. The smallest absolute Gasteiger partial charge is 0.321 e. The Morgan fingerprint density at radius 1 is 1.00 bits per heavy atom. The third kappa shape index (κ3) is 15.2. The molecule has 288 valence electrons. The van der Waals surface area contributed by atoms with Gasteiger partial charge in [0.15, 0.2) is 0 Å². The van der Waals surface area contributed by atoms with Crippen molar-refractivity contribution in [1.29, 1.82) is 0 Å². The number of aldehydes is 1. The lowest BCUT2D eigenvalue weighted by Gasteiger charge is -2.31. The van der Waals surface area contributed by atoms with Crippen LogP contribution in [0.1, 0.15) is 50.8 Å². The van der Waals surface area contributed by atoms with Gasteiger partial charge in [-0.25, -0.2) is 5.84 Å². The van der Waals surface area contributed by atoms with Crippen molar-refractivity contribution in [2.75, 3.05) is 34.3 Å². The molecule has 2 aromatic rings. The van der Waals surface area contributed by atoms with Gasteiger partial charge in [0.1, 0.15) is 30.2 Å². The number of allylic oxidation sites excluding steroid dienone is 1. The fourth-order valence-corrected chi connectivity index (χ4v) is 5.12. The molecule has 14 heteroatoms. The number of carboxylic acid groups (broad SMARTS) is 1. The van der Waals surface area contributed by atoms with Crippen molar-refractivity contribution in [2.24, 2.45) is 11.8 Å². The molecule has 3 rings (SSSR count). The molecule has 1 fully saturated rings. The van der Waals surface area contributed by atoms with Crippen LogP contribution in [0.25, 0.3) is 0 Å². The van der Waals surface area contributed by atoms with Crippen molar-refractivity contribution in [3.8, 4) is 5.75 Å². The quantitative estimate of drug-likeness (QED) is 0.0893. The van der Waals surface area contributed by atoms with Crippen molar-refractivity contribution < 1.29 is 33.8 Å². The van der Waals surface area contributed by atoms with Gasteiger partial charge < -0.3 is 45.8 Å². The molecule has 1 saturated heterocycles. The Morgan fingerprint density at radius 2 is 1.58 bits per heavy atom. The van der Waals surface area contributed by atoms with Crippen LogP contribution in [-0.4, -0.2) is 109 Å². The molecule has 3 amide bonds. The number of ether oxygens (including phenoxy) is 1. The summed E-state index contributed by atoms with van der Waals surface area (Å²) in [5.41, 5.74) is 3.48. The first-order valence-corrected chi connectivity index (χ1v) is 17.3. The maximum atomic E-state index is 13.3. The largest absolute Gasteiger partial charge is 0.497 e. The standard InChI is InChI=1S/C19H34N6O4.C11H15NO2.C8H10O/c1-6-8-25(20)14-10-15(18(28)22-7-9-26)24(11-14)19(29)16(12(2)3)23-17(27)13(4)21-5;1-8-3-5-9(6-4-8)7-10(12-2)11(13)14;1-7-3-5-8(9-2)6-4-7/h6,8-9,12-16,21H,7,10-11,20H2,1-5H3,(H,22,28)(H,23,27);3-6,10,12H,7H2,1-2H3,(H,13,14);3-6H,1-2H3/b8-6+;;.